The lowest BCUT2D eigenvalue weighted by Gasteiger charge is -2.15. The Balaban J connectivity index is 2.04. The fourth-order valence-electron chi connectivity index (χ4n) is 2.27. The highest BCUT2D eigenvalue weighted by Crippen LogP contribution is 2.17. The molecule has 0 bridgehead atoms. The Morgan fingerprint density at radius 1 is 1.29 bits per heavy atom. The molecule has 0 aromatic heterocycles. The highest BCUT2D eigenvalue weighted by molar-refractivity contribution is 6.31. The molecule has 2 aromatic rings. The molecule has 1 amide bonds. The molecule has 3 N–H and O–H groups in total. The predicted molar refractivity (Wildman–Crippen MR) is 87.7 cm³/mol. The molecule has 0 aliphatic rings. The van der Waals surface area contributed by atoms with Gasteiger partial charge >= 0.3 is 0 Å². The van der Waals surface area contributed by atoms with Crippen molar-refractivity contribution in [2.24, 2.45) is 0 Å². The average Bonchev–Trinajstić information content (AvgIpc) is 2.40. The van der Waals surface area contributed by atoms with Crippen molar-refractivity contribution in [3.05, 3.63) is 64.2 Å². The van der Waals surface area contributed by atoms with Crippen LogP contribution in [0.1, 0.15) is 28.4 Å². The molecule has 1 atom stereocenters. The van der Waals surface area contributed by atoms with Gasteiger partial charge in [0, 0.05) is 22.3 Å². The molecule has 0 aliphatic carbocycles. The zero-order valence-electron chi connectivity index (χ0n) is 12.2. The summed E-state index contributed by atoms with van der Waals surface area (Å²) in [4.78, 5) is 12.2. The molecule has 2 rings (SSSR count). The Labute approximate surface area is 130 Å². The summed E-state index contributed by atoms with van der Waals surface area (Å²) < 4.78 is 0. The molecule has 0 radical (unpaired) electrons. The molecule has 0 saturated heterocycles. The first-order valence-corrected chi connectivity index (χ1v) is 7.25. The molecule has 110 valence electrons. The summed E-state index contributed by atoms with van der Waals surface area (Å²) >= 11 is 5.92. The van der Waals surface area contributed by atoms with Crippen molar-refractivity contribution < 1.29 is 4.79 Å². The van der Waals surface area contributed by atoms with Crippen LogP contribution in [-0.2, 0) is 6.42 Å². The van der Waals surface area contributed by atoms with E-state index in [0.29, 0.717) is 16.3 Å². The van der Waals surface area contributed by atoms with Gasteiger partial charge in [-0.15, -0.1) is 0 Å². The fourth-order valence-corrected chi connectivity index (χ4v) is 2.51. The van der Waals surface area contributed by atoms with E-state index in [0.717, 1.165) is 6.42 Å². The van der Waals surface area contributed by atoms with Crippen molar-refractivity contribution >= 4 is 23.2 Å². The molecule has 2 aromatic carbocycles. The number of hydrogen-bond acceptors (Lipinski definition) is 2. The summed E-state index contributed by atoms with van der Waals surface area (Å²) in [6, 6.07) is 13.1. The molecular formula is C17H19ClN2O. The van der Waals surface area contributed by atoms with Crippen LogP contribution in [0.4, 0.5) is 5.69 Å². The average molecular weight is 303 g/mol. The summed E-state index contributed by atoms with van der Waals surface area (Å²) in [7, 11) is 0. The van der Waals surface area contributed by atoms with Gasteiger partial charge in [-0.3, -0.25) is 4.79 Å². The summed E-state index contributed by atoms with van der Waals surface area (Å²) in [5, 5.41) is 3.44. The number of rotatable bonds is 4. The number of carbonyl (C=O) groups excluding carboxylic acids is 1. The molecule has 3 nitrogen and oxygen atoms in total. The van der Waals surface area contributed by atoms with Crippen LogP contribution in [-0.4, -0.2) is 11.9 Å². The van der Waals surface area contributed by atoms with Crippen molar-refractivity contribution in [1.29, 1.82) is 0 Å². The molecule has 0 spiro atoms. The van der Waals surface area contributed by atoms with E-state index in [9.17, 15) is 4.79 Å². The van der Waals surface area contributed by atoms with Crippen LogP contribution >= 0.6 is 11.6 Å². The van der Waals surface area contributed by atoms with E-state index >= 15 is 0 Å². The number of carbonyl (C=O) groups is 1. The smallest absolute Gasteiger partial charge is 0.251 e. The normalized spacial score (nSPS) is 12.0. The van der Waals surface area contributed by atoms with Crippen molar-refractivity contribution in [1.82, 2.24) is 5.32 Å². The van der Waals surface area contributed by atoms with Crippen molar-refractivity contribution in [3.63, 3.8) is 0 Å². The molecular weight excluding hydrogens is 284 g/mol. The summed E-state index contributed by atoms with van der Waals surface area (Å²) in [5.74, 6) is -0.162. The third-order valence-electron chi connectivity index (χ3n) is 3.35. The first kappa shape index (κ1) is 15.4. The lowest BCUT2D eigenvalue weighted by atomic mass is 10.0. The highest BCUT2D eigenvalue weighted by Gasteiger charge is 2.12. The third-order valence-corrected chi connectivity index (χ3v) is 3.57. The minimum Gasteiger partial charge on any atom is -0.399 e. The van der Waals surface area contributed by atoms with Gasteiger partial charge in [0.05, 0.1) is 0 Å². The second-order valence-corrected chi connectivity index (χ2v) is 5.71. The van der Waals surface area contributed by atoms with E-state index in [1.807, 2.05) is 19.1 Å². The molecule has 0 fully saturated rings. The highest BCUT2D eigenvalue weighted by atomic mass is 35.5. The van der Waals surface area contributed by atoms with E-state index in [2.05, 4.69) is 24.4 Å². The Hall–Kier alpha value is -2.00. The van der Waals surface area contributed by atoms with Gasteiger partial charge in [-0.25, -0.2) is 0 Å². The molecule has 21 heavy (non-hydrogen) atoms. The van der Waals surface area contributed by atoms with Gasteiger partial charge in [-0.05, 0) is 49.6 Å². The molecule has 0 aliphatic heterocycles. The van der Waals surface area contributed by atoms with E-state index in [1.165, 1.54) is 11.1 Å². The van der Waals surface area contributed by atoms with Gasteiger partial charge in [0.2, 0.25) is 0 Å². The number of hydrogen-bond donors (Lipinski definition) is 2. The zero-order chi connectivity index (χ0) is 15.4. The number of aryl methyl sites for hydroxylation is 1. The summed E-state index contributed by atoms with van der Waals surface area (Å²) in [6.45, 7) is 4.06. The number of benzene rings is 2. The summed E-state index contributed by atoms with van der Waals surface area (Å²) in [6.07, 6.45) is 0.786. The van der Waals surface area contributed by atoms with Crippen LogP contribution < -0.4 is 11.1 Å². The predicted octanol–water partition coefficient (Wildman–Crippen LogP) is 3.59. The molecule has 4 heteroatoms. The first-order chi connectivity index (χ1) is 9.95. The van der Waals surface area contributed by atoms with Gasteiger partial charge in [0.1, 0.15) is 0 Å². The van der Waals surface area contributed by atoms with Crippen molar-refractivity contribution in [2.75, 3.05) is 5.73 Å². The number of halogens is 1. The van der Waals surface area contributed by atoms with Crippen LogP contribution in [0.3, 0.4) is 0 Å². The Kier molecular flexibility index (Phi) is 4.86. The second kappa shape index (κ2) is 6.64. The molecule has 0 saturated carbocycles. The maximum absolute atomic E-state index is 12.2. The monoisotopic (exact) mass is 302 g/mol. The first-order valence-electron chi connectivity index (χ1n) is 6.87. The van der Waals surface area contributed by atoms with Crippen LogP contribution in [0.15, 0.2) is 42.5 Å². The Morgan fingerprint density at radius 3 is 2.67 bits per heavy atom. The lowest BCUT2D eigenvalue weighted by Crippen LogP contribution is -2.34. The number of nitrogen functional groups attached to an aromatic ring is 1. The van der Waals surface area contributed by atoms with Gasteiger partial charge in [0.15, 0.2) is 0 Å². The Bertz CT molecular complexity index is 635. The van der Waals surface area contributed by atoms with Crippen LogP contribution in [0.25, 0.3) is 0 Å². The van der Waals surface area contributed by atoms with Gasteiger partial charge in [-0.1, -0.05) is 35.9 Å². The SMILES string of the molecule is Cc1ccccc1CC(C)NC(=O)c1cc(N)cc(Cl)c1. The van der Waals surface area contributed by atoms with E-state index in [1.54, 1.807) is 18.2 Å². The van der Waals surface area contributed by atoms with E-state index in [4.69, 9.17) is 17.3 Å². The van der Waals surface area contributed by atoms with Crippen molar-refractivity contribution in [3.8, 4) is 0 Å². The standard InChI is InChI=1S/C17H19ClN2O/c1-11-5-3-4-6-13(11)7-12(2)20-17(21)14-8-15(18)10-16(19)9-14/h3-6,8-10,12H,7,19H2,1-2H3,(H,20,21). The molecule has 0 heterocycles. The number of nitrogens with one attached hydrogen (secondary N) is 1. The fraction of sp³-hybridized carbons (Fsp3) is 0.235. The largest absolute Gasteiger partial charge is 0.399 e. The quantitative estimate of drug-likeness (QED) is 0.848. The topological polar surface area (TPSA) is 55.1 Å². The maximum atomic E-state index is 12.2. The minimum atomic E-state index is -0.162. The van der Waals surface area contributed by atoms with E-state index < -0.39 is 0 Å². The van der Waals surface area contributed by atoms with Gasteiger partial charge in [-0.2, -0.15) is 0 Å². The number of anilines is 1. The van der Waals surface area contributed by atoms with Crippen LogP contribution in [0.2, 0.25) is 5.02 Å². The van der Waals surface area contributed by atoms with Crippen LogP contribution in [0.5, 0.6) is 0 Å². The van der Waals surface area contributed by atoms with Crippen LogP contribution in [0, 0.1) is 6.92 Å². The summed E-state index contributed by atoms with van der Waals surface area (Å²) in [5.41, 5.74) is 9.14. The Morgan fingerprint density at radius 2 is 2.00 bits per heavy atom. The maximum Gasteiger partial charge on any atom is 0.251 e. The van der Waals surface area contributed by atoms with Gasteiger partial charge < -0.3 is 11.1 Å². The number of amides is 1. The zero-order valence-corrected chi connectivity index (χ0v) is 12.9. The van der Waals surface area contributed by atoms with E-state index in [-0.39, 0.29) is 11.9 Å². The van der Waals surface area contributed by atoms with Crippen molar-refractivity contribution in [2.45, 2.75) is 26.3 Å². The van der Waals surface area contributed by atoms with Gasteiger partial charge in [0.25, 0.3) is 5.91 Å². The lowest BCUT2D eigenvalue weighted by molar-refractivity contribution is 0.0940. The number of nitrogens with two attached hydrogens (primary N) is 1. The molecule has 1 unspecified atom stereocenters. The third kappa shape index (κ3) is 4.23. The second-order valence-electron chi connectivity index (χ2n) is 5.28. The minimum absolute atomic E-state index is 0.0267.